The van der Waals surface area contributed by atoms with Gasteiger partial charge in [0.25, 0.3) is 0 Å². The molecular formula is C21H17ClN2O2S. The molecule has 0 aliphatic rings. The first-order valence-corrected chi connectivity index (χ1v) is 9.77. The number of benzene rings is 2. The van der Waals surface area contributed by atoms with Gasteiger partial charge in [-0.25, -0.2) is 9.97 Å². The molecule has 136 valence electrons. The van der Waals surface area contributed by atoms with E-state index in [0.717, 1.165) is 21.3 Å². The number of fused-ring (bicyclic) bond motifs is 1. The predicted molar refractivity (Wildman–Crippen MR) is 110 cm³/mol. The van der Waals surface area contributed by atoms with E-state index in [0.29, 0.717) is 29.9 Å². The molecule has 2 aromatic heterocycles. The monoisotopic (exact) mass is 396 g/mol. The zero-order valence-electron chi connectivity index (χ0n) is 14.7. The molecule has 0 aliphatic heterocycles. The highest BCUT2D eigenvalue weighted by Gasteiger charge is 2.14. The molecule has 0 bridgehead atoms. The summed E-state index contributed by atoms with van der Waals surface area (Å²) in [5.41, 5.74) is 3.43. The zero-order valence-corrected chi connectivity index (χ0v) is 16.3. The fourth-order valence-corrected chi connectivity index (χ4v) is 3.85. The number of aryl methyl sites for hydroxylation is 1. The molecule has 0 radical (unpaired) electrons. The lowest BCUT2D eigenvalue weighted by Gasteiger charge is -2.10. The summed E-state index contributed by atoms with van der Waals surface area (Å²) in [5.74, 6) is 1.21. The molecule has 27 heavy (non-hydrogen) atoms. The molecule has 0 saturated heterocycles. The van der Waals surface area contributed by atoms with Crippen molar-refractivity contribution in [3.8, 4) is 22.8 Å². The number of ether oxygens (including phenoxy) is 2. The topological polar surface area (TPSA) is 44.2 Å². The quantitative estimate of drug-likeness (QED) is 0.387. The maximum atomic E-state index is 6.10. The van der Waals surface area contributed by atoms with E-state index >= 15 is 0 Å². The van der Waals surface area contributed by atoms with Crippen LogP contribution in [0.25, 0.3) is 21.3 Å². The van der Waals surface area contributed by atoms with E-state index < -0.39 is 0 Å². The fraction of sp³-hybridized carbons (Fsp3) is 0.143. The van der Waals surface area contributed by atoms with Gasteiger partial charge >= 0.3 is 0 Å². The van der Waals surface area contributed by atoms with Crippen molar-refractivity contribution in [2.24, 2.45) is 0 Å². The molecule has 0 spiro atoms. The Bertz CT molecular complexity index is 1060. The largest absolute Gasteiger partial charge is 0.488 e. The van der Waals surface area contributed by atoms with E-state index in [-0.39, 0.29) is 0 Å². The van der Waals surface area contributed by atoms with Crippen LogP contribution in [0.1, 0.15) is 5.56 Å². The summed E-state index contributed by atoms with van der Waals surface area (Å²) in [6, 6.07) is 15.8. The minimum atomic E-state index is 0.362. The van der Waals surface area contributed by atoms with Gasteiger partial charge in [-0.1, -0.05) is 53.6 Å². The van der Waals surface area contributed by atoms with Gasteiger partial charge in [0, 0.05) is 10.9 Å². The predicted octanol–water partition coefficient (Wildman–Crippen LogP) is 5.78. The van der Waals surface area contributed by atoms with Crippen molar-refractivity contribution >= 4 is 33.2 Å². The van der Waals surface area contributed by atoms with Crippen molar-refractivity contribution in [3.63, 3.8) is 0 Å². The lowest BCUT2D eigenvalue weighted by molar-refractivity contribution is 0.214. The third-order valence-corrected chi connectivity index (χ3v) is 5.31. The minimum Gasteiger partial charge on any atom is -0.488 e. The first-order chi connectivity index (χ1) is 13.2. The summed E-state index contributed by atoms with van der Waals surface area (Å²) in [5, 5.41) is 3.61. The van der Waals surface area contributed by atoms with Crippen LogP contribution in [0.3, 0.4) is 0 Å². The molecule has 2 aromatic carbocycles. The molecule has 0 atom stereocenters. The normalized spacial score (nSPS) is 10.9. The molecule has 4 aromatic rings. The Kier molecular flexibility index (Phi) is 5.23. The fourth-order valence-electron chi connectivity index (χ4n) is 2.75. The van der Waals surface area contributed by atoms with Crippen molar-refractivity contribution in [3.05, 3.63) is 70.8 Å². The Morgan fingerprint density at radius 3 is 2.56 bits per heavy atom. The molecule has 4 rings (SSSR count). The third-order valence-electron chi connectivity index (χ3n) is 4.11. The Labute approximate surface area is 166 Å². The van der Waals surface area contributed by atoms with Gasteiger partial charge in [0.1, 0.15) is 30.1 Å². The number of halogens is 1. The summed E-state index contributed by atoms with van der Waals surface area (Å²) >= 11 is 7.68. The number of rotatable bonds is 6. The highest BCUT2D eigenvalue weighted by atomic mass is 35.5. The van der Waals surface area contributed by atoms with Gasteiger partial charge in [0.15, 0.2) is 0 Å². The molecule has 0 N–H and O–H groups in total. The Hall–Kier alpha value is -2.63. The Morgan fingerprint density at radius 2 is 1.74 bits per heavy atom. The van der Waals surface area contributed by atoms with E-state index in [4.69, 9.17) is 21.1 Å². The summed E-state index contributed by atoms with van der Waals surface area (Å²) in [7, 11) is 0. The third kappa shape index (κ3) is 3.89. The van der Waals surface area contributed by atoms with Crippen LogP contribution in [0.2, 0.25) is 5.02 Å². The van der Waals surface area contributed by atoms with Crippen LogP contribution < -0.4 is 9.47 Å². The molecule has 6 heteroatoms. The lowest BCUT2D eigenvalue weighted by Crippen LogP contribution is -2.10. The van der Waals surface area contributed by atoms with Crippen molar-refractivity contribution in [2.45, 2.75) is 6.92 Å². The minimum absolute atomic E-state index is 0.362. The van der Waals surface area contributed by atoms with Gasteiger partial charge < -0.3 is 9.47 Å². The van der Waals surface area contributed by atoms with Gasteiger partial charge in [-0.15, -0.1) is 11.3 Å². The average Bonchev–Trinajstić information content (AvgIpc) is 3.12. The van der Waals surface area contributed by atoms with Crippen LogP contribution in [0.15, 0.2) is 60.2 Å². The van der Waals surface area contributed by atoms with E-state index in [1.54, 1.807) is 17.4 Å². The summed E-state index contributed by atoms with van der Waals surface area (Å²) in [4.78, 5) is 9.61. The van der Waals surface area contributed by atoms with Gasteiger partial charge in [-0.05, 0) is 24.6 Å². The van der Waals surface area contributed by atoms with Gasteiger partial charge in [0.05, 0.1) is 10.4 Å². The van der Waals surface area contributed by atoms with Crippen molar-refractivity contribution < 1.29 is 9.47 Å². The molecule has 0 saturated carbocycles. The number of hydrogen-bond donors (Lipinski definition) is 0. The van der Waals surface area contributed by atoms with Crippen molar-refractivity contribution in [1.82, 2.24) is 9.97 Å². The second kappa shape index (κ2) is 7.94. The van der Waals surface area contributed by atoms with Crippen LogP contribution in [0, 0.1) is 6.92 Å². The van der Waals surface area contributed by atoms with Crippen LogP contribution in [-0.4, -0.2) is 23.2 Å². The van der Waals surface area contributed by atoms with Crippen LogP contribution in [-0.2, 0) is 0 Å². The van der Waals surface area contributed by atoms with Gasteiger partial charge in [0.2, 0.25) is 5.88 Å². The van der Waals surface area contributed by atoms with Crippen molar-refractivity contribution in [1.29, 1.82) is 0 Å². The van der Waals surface area contributed by atoms with Crippen LogP contribution >= 0.6 is 22.9 Å². The molecule has 4 nitrogen and oxygen atoms in total. The SMILES string of the molecule is Cc1ccc(-c2csc3ncnc(OCCOc4ccccc4Cl)c23)cc1. The molecule has 0 unspecified atom stereocenters. The lowest BCUT2D eigenvalue weighted by atomic mass is 10.0. The molecule has 0 fully saturated rings. The maximum Gasteiger partial charge on any atom is 0.226 e. The van der Waals surface area contributed by atoms with E-state index in [2.05, 4.69) is 46.5 Å². The molecule has 0 aliphatic carbocycles. The summed E-state index contributed by atoms with van der Waals surface area (Å²) < 4.78 is 11.6. The Morgan fingerprint density at radius 1 is 0.963 bits per heavy atom. The standard InChI is InChI=1S/C21H17ClN2O2S/c1-14-6-8-15(9-7-14)16-12-27-21-19(16)20(23-13-24-21)26-11-10-25-18-5-3-2-4-17(18)22/h2-9,12-13H,10-11H2,1H3. The second-order valence-electron chi connectivity index (χ2n) is 6.00. The van der Waals surface area contributed by atoms with Gasteiger partial charge in [-0.2, -0.15) is 0 Å². The van der Waals surface area contributed by atoms with E-state index in [9.17, 15) is 0 Å². The first kappa shape index (κ1) is 17.8. The number of thiophene rings is 1. The Balaban J connectivity index is 1.52. The second-order valence-corrected chi connectivity index (χ2v) is 7.27. The maximum absolute atomic E-state index is 6.10. The number of para-hydroxylation sites is 1. The summed E-state index contributed by atoms with van der Waals surface area (Å²) in [6.45, 7) is 2.81. The number of aromatic nitrogens is 2. The highest BCUT2D eigenvalue weighted by molar-refractivity contribution is 7.17. The highest BCUT2D eigenvalue weighted by Crippen LogP contribution is 2.37. The molecular weight excluding hydrogens is 380 g/mol. The molecule has 0 amide bonds. The average molecular weight is 397 g/mol. The number of hydrogen-bond acceptors (Lipinski definition) is 5. The van der Waals surface area contributed by atoms with Gasteiger partial charge in [-0.3, -0.25) is 0 Å². The number of nitrogens with zero attached hydrogens (tertiary/aromatic N) is 2. The van der Waals surface area contributed by atoms with E-state index in [1.165, 1.54) is 11.9 Å². The molecule has 2 heterocycles. The van der Waals surface area contributed by atoms with Crippen molar-refractivity contribution in [2.75, 3.05) is 13.2 Å². The van der Waals surface area contributed by atoms with Crippen LogP contribution in [0.4, 0.5) is 0 Å². The smallest absolute Gasteiger partial charge is 0.226 e. The summed E-state index contributed by atoms with van der Waals surface area (Å²) in [6.07, 6.45) is 1.53. The van der Waals surface area contributed by atoms with Crippen LogP contribution in [0.5, 0.6) is 11.6 Å². The first-order valence-electron chi connectivity index (χ1n) is 8.52. The zero-order chi connectivity index (χ0) is 18.6. The van der Waals surface area contributed by atoms with E-state index in [1.807, 2.05) is 18.2 Å².